The van der Waals surface area contributed by atoms with Crippen molar-refractivity contribution in [3.8, 4) is 0 Å². The Kier molecular flexibility index (Phi) is 4.28. The average Bonchev–Trinajstić information content (AvgIpc) is 2.79. The third-order valence-electron chi connectivity index (χ3n) is 3.80. The zero-order valence-corrected chi connectivity index (χ0v) is 15.6. The van der Waals surface area contributed by atoms with E-state index in [0.717, 1.165) is 0 Å². The molecule has 0 aromatic heterocycles. The SMILES string of the molecule is CC1(C)O[C@H]2[C@@H](O1)[C@@H](COP(C)(C)=S)O[C@@H]1OC(C)(C)O[C@@H]12. The van der Waals surface area contributed by atoms with Crippen molar-refractivity contribution in [2.24, 2.45) is 0 Å². The smallest absolute Gasteiger partial charge is 0.190 e. The maximum Gasteiger partial charge on any atom is 0.190 e. The molecule has 0 unspecified atom stereocenters. The minimum atomic E-state index is -1.77. The maximum atomic E-state index is 6.04. The minimum absolute atomic E-state index is 0.240. The molecular formula is C14H25O6PS. The Morgan fingerprint density at radius 1 is 0.909 bits per heavy atom. The fourth-order valence-electron chi connectivity index (χ4n) is 3.08. The van der Waals surface area contributed by atoms with Gasteiger partial charge in [-0.1, -0.05) is 11.8 Å². The summed E-state index contributed by atoms with van der Waals surface area (Å²) in [6, 6.07) is 0. The molecule has 0 bridgehead atoms. The molecule has 3 rings (SSSR count). The van der Waals surface area contributed by atoms with Gasteiger partial charge in [-0.15, -0.1) is 0 Å². The van der Waals surface area contributed by atoms with Crippen LogP contribution in [0.25, 0.3) is 0 Å². The second-order valence-electron chi connectivity index (χ2n) is 7.26. The number of fused-ring (bicyclic) bond motifs is 3. The molecule has 0 spiro atoms. The van der Waals surface area contributed by atoms with Crippen molar-refractivity contribution >= 4 is 18.1 Å². The zero-order chi connectivity index (χ0) is 16.3. The summed E-state index contributed by atoms with van der Waals surface area (Å²) < 4.78 is 35.7. The van der Waals surface area contributed by atoms with Crippen LogP contribution in [0.3, 0.4) is 0 Å². The van der Waals surface area contributed by atoms with E-state index < -0.39 is 24.1 Å². The molecule has 3 heterocycles. The first-order chi connectivity index (χ1) is 9.96. The van der Waals surface area contributed by atoms with Crippen LogP contribution in [0.5, 0.6) is 0 Å². The van der Waals surface area contributed by atoms with E-state index in [-0.39, 0.29) is 24.4 Å². The molecule has 5 atom stereocenters. The molecule has 3 aliphatic rings. The van der Waals surface area contributed by atoms with Crippen LogP contribution in [0.15, 0.2) is 0 Å². The van der Waals surface area contributed by atoms with Crippen LogP contribution in [0.1, 0.15) is 27.7 Å². The van der Waals surface area contributed by atoms with E-state index in [4.69, 9.17) is 40.0 Å². The molecule has 0 saturated carbocycles. The highest BCUT2D eigenvalue weighted by Crippen LogP contribution is 2.45. The zero-order valence-electron chi connectivity index (χ0n) is 13.9. The largest absolute Gasteiger partial charge is 0.348 e. The normalized spacial score (nSPS) is 42.9. The summed E-state index contributed by atoms with van der Waals surface area (Å²) in [5.41, 5.74) is 0. The summed E-state index contributed by atoms with van der Waals surface area (Å²) in [6.45, 7) is 11.8. The Bertz CT molecular complexity index is 490. The first kappa shape index (κ1) is 17.2. The molecule has 3 saturated heterocycles. The van der Waals surface area contributed by atoms with E-state index in [2.05, 4.69) is 0 Å². The summed E-state index contributed by atoms with van der Waals surface area (Å²) in [5, 5.41) is 0. The van der Waals surface area contributed by atoms with Crippen LogP contribution in [-0.2, 0) is 40.0 Å². The number of ether oxygens (including phenoxy) is 5. The van der Waals surface area contributed by atoms with Crippen LogP contribution in [0.4, 0.5) is 0 Å². The van der Waals surface area contributed by atoms with Crippen molar-refractivity contribution in [2.45, 2.75) is 70.0 Å². The average molecular weight is 352 g/mol. The van der Waals surface area contributed by atoms with Gasteiger partial charge in [0.15, 0.2) is 17.9 Å². The maximum absolute atomic E-state index is 6.04. The molecule has 0 aromatic rings. The summed E-state index contributed by atoms with van der Waals surface area (Å²) in [7, 11) is 0. The molecule has 0 aliphatic carbocycles. The predicted octanol–water partition coefficient (Wildman–Crippen LogP) is 2.05. The Morgan fingerprint density at radius 2 is 1.45 bits per heavy atom. The van der Waals surface area contributed by atoms with Crippen LogP contribution >= 0.6 is 6.26 Å². The van der Waals surface area contributed by atoms with E-state index in [1.165, 1.54) is 0 Å². The highest BCUT2D eigenvalue weighted by molar-refractivity contribution is 8.11. The van der Waals surface area contributed by atoms with Gasteiger partial charge in [0.25, 0.3) is 0 Å². The summed E-state index contributed by atoms with van der Waals surface area (Å²) in [5.74, 6) is -1.38. The van der Waals surface area contributed by atoms with Gasteiger partial charge < -0.3 is 28.2 Å². The molecule has 3 aliphatic heterocycles. The number of hydrogen-bond acceptors (Lipinski definition) is 7. The molecule has 128 valence electrons. The highest BCUT2D eigenvalue weighted by atomic mass is 32.4. The number of rotatable bonds is 3. The Morgan fingerprint density at radius 3 is 2.09 bits per heavy atom. The fraction of sp³-hybridized carbons (Fsp3) is 1.00. The highest BCUT2D eigenvalue weighted by Gasteiger charge is 2.60. The lowest BCUT2D eigenvalue weighted by atomic mass is 9.99. The van der Waals surface area contributed by atoms with Crippen LogP contribution < -0.4 is 0 Å². The van der Waals surface area contributed by atoms with Crippen molar-refractivity contribution in [3.05, 3.63) is 0 Å². The van der Waals surface area contributed by atoms with Gasteiger partial charge in [-0.25, -0.2) is 0 Å². The van der Waals surface area contributed by atoms with Gasteiger partial charge >= 0.3 is 0 Å². The topological polar surface area (TPSA) is 55.4 Å². The molecule has 0 radical (unpaired) electrons. The van der Waals surface area contributed by atoms with Gasteiger partial charge in [0.1, 0.15) is 24.4 Å². The van der Waals surface area contributed by atoms with Gasteiger partial charge in [-0.05, 0) is 41.0 Å². The standard InChI is InChI=1S/C14H25O6PS/c1-13(2)17-9-8(7-15-21(5,6)22)16-12-11(10(9)18-13)19-14(3,4)20-12/h8-12H,7H2,1-6H3/t8-,9+,10+,11-,12-/m1/s1. The van der Waals surface area contributed by atoms with Crippen molar-refractivity contribution in [1.29, 1.82) is 0 Å². The first-order valence-corrected chi connectivity index (χ1v) is 11.1. The predicted molar refractivity (Wildman–Crippen MR) is 84.6 cm³/mol. The van der Waals surface area contributed by atoms with Gasteiger partial charge in [-0.2, -0.15) is 0 Å². The third kappa shape index (κ3) is 3.57. The molecular weight excluding hydrogens is 327 g/mol. The molecule has 0 N–H and O–H groups in total. The van der Waals surface area contributed by atoms with Crippen molar-refractivity contribution in [2.75, 3.05) is 19.9 Å². The molecule has 22 heavy (non-hydrogen) atoms. The lowest BCUT2D eigenvalue weighted by Crippen LogP contribution is -2.56. The molecule has 6 nitrogen and oxygen atoms in total. The lowest BCUT2D eigenvalue weighted by molar-refractivity contribution is -0.238. The van der Waals surface area contributed by atoms with Crippen LogP contribution in [0, 0.1) is 0 Å². The van der Waals surface area contributed by atoms with Gasteiger partial charge in [0.05, 0.1) is 12.9 Å². The molecule has 3 fully saturated rings. The second kappa shape index (κ2) is 5.46. The minimum Gasteiger partial charge on any atom is -0.348 e. The van der Waals surface area contributed by atoms with Gasteiger partial charge in [-0.3, -0.25) is 0 Å². The summed E-state index contributed by atoms with van der Waals surface area (Å²) >= 11 is 5.35. The van der Waals surface area contributed by atoms with E-state index >= 15 is 0 Å². The fourth-order valence-corrected chi connectivity index (χ4v) is 3.77. The van der Waals surface area contributed by atoms with E-state index in [1.54, 1.807) is 0 Å². The van der Waals surface area contributed by atoms with Crippen molar-refractivity contribution in [1.82, 2.24) is 0 Å². The van der Waals surface area contributed by atoms with Gasteiger partial charge in [0.2, 0.25) is 0 Å². The summed E-state index contributed by atoms with van der Waals surface area (Å²) in [6.07, 6.45) is -3.33. The third-order valence-corrected chi connectivity index (χ3v) is 4.89. The second-order valence-corrected chi connectivity index (χ2v) is 12.7. The van der Waals surface area contributed by atoms with E-state index in [0.29, 0.717) is 6.61 Å². The first-order valence-electron chi connectivity index (χ1n) is 7.52. The van der Waals surface area contributed by atoms with Crippen LogP contribution in [-0.4, -0.2) is 62.2 Å². The summed E-state index contributed by atoms with van der Waals surface area (Å²) in [4.78, 5) is 0. The molecule has 0 amide bonds. The molecule has 8 heteroatoms. The Hall–Kier alpha value is 0.410. The van der Waals surface area contributed by atoms with Crippen LogP contribution in [0.2, 0.25) is 0 Å². The van der Waals surface area contributed by atoms with Crippen molar-refractivity contribution in [3.63, 3.8) is 0 Å². The Balaban J connectivity index is 1.79. The van der Waals surface area contributed by atoms with Gasteiger partial charge in [0, 0.05) is 0 Å². The quantitative estimate of drug-likeness (QED) is 0.721. The number of hydrogen-bond donors (Lipinski definition) is 0. The Labute approximate surface area is 136 Å². The van der Waals surface area contributed by atoms with E-state index in [9.17, 15) is 0 Å². The van der Waals surface area contributed by atoms with E-state index in [1.807, 2.05) is 41.0 Å². The molecule has 0 aromatic carbocycles. The lowest BCUT2D eigenvalue weighted by Gasteiger charge is -2.37. The monoisotopic (exact) mass is 352 g/mol. The van der Waals surface area contributed by atoms with Crippen molar-refractivity contribution < 1.29 is 28.2 Å².